The third kappa shape index (κ3) is 3.76. The number of anilines is 1. The lowest BCUT2D eigenvalue weighted by atomic mass is 10.2. The minimum atomic E-state index is -1.18. The van der Waals surface area contributed by atoms with Crippen LogP contribution in [0.4, 0.5) is 10.5 Å². The van der Waals surface area contributed by atoms with Crippen molar-refractivity contribution >= 4 is 41.3 Å². The highest BCUT2D eigenvalue weighted by molar-refractivity contribution is 8.00. The molecule has 116 valence electrons. The molecular weight excluding hydrogens is 310 g/mol. The molecule has 0 fully saturated rings. The number of ether oxygens (including phenoxy) is 1. The number of fused-ring (bicyclic) bond motifs is 1. The summed E-state index contributed by atoms with van der Waals surface area (Å²) in [6, 6.07) is 3.66. The number of carbonyl (C=O) groups excluding carboxylic acids is 4. The molecule has 8 nitrogen and oxygen atoms in total. The van der Waals surface area contributed by atoms with E-state index in [1.807, 2.05) is 5.32 Å². The Bertz CT molecular complexity index is 661. The number of primary amides is 1. The summed E-state index contributed by atoms with van der Waals surface area (Å²) >= 11 is 1.36. The Morgan fingerprint density at radius 2 is 2.14 bits per heavy atom. The molecule has 1 aliphatic rings. The Morgan fingerprint density at radius 1 is 1.41 bits per heavy atom. The predicted octanol–water partition coefficient (Wildman–Crippen LogP) is 0.471. The number of esters is 1. The second-order valence-corrected chi connectivity index (χ2v) is 5.47. The van der Waals surface area contributed by atoms with Crippen molar-refractivity contribution < 1.29 is 23.9 Å². The molecule has 0 unspecified atom stereocenters. The number of rotatable bonds is 3. The fourth-order valence-corrected chi connectivity index (χ4v) is 2.50. The van der Waals surface area contributed by atoms with Crippen LogP contribution in [0.2, 0.25) is 0 Å². The summed E-state index contributed by atoms with van der Waals surface area (Å²) in [4.78, 5) is 46.2. The number of hydrogen-bond donors (Lipinski definition) is 3. The number of nitrogens with two attached hydrogens (primary N) is 1. The van der Waals surface area contributed by atoms with Gasteiger partial charge in [0.15, 0.2) is 6.10 Å². The smallest absolute Gasteiger partial charge is 0.338 e. The van der Waals surface area contributed by atoms with Crippen LogP contribution in [0.1, 0.15) is 17.3 Å². The van der Waals surface area contributed by atoms with Crippen LogP contribution in [0.3, 0.4) is 0 Å². The maximum Gasteiger partial charge on any atom is 0.338 e. The predicted molar refractivity (Wildman–Crippen MR) is 78.4 cm³/mol. The Balaban J connectivity index is 2.07. The molecule has 0 bridgehead atoms. The van der Waals surface area contributed by atoms with Crippen molar-refractivity contribution in [3.05, 3.63) is 23.8 Å². The minimum absolute atomic E-state index is 0.155. The van der Waals surface area contributed by atoms with Gasteiger partial charge < -0.3 is 15.8 Å². The topological polar surface area (TPSA) is 128 Å². The number of hydrogen-bond acceptors (Lipinski definition) is 6. The van der Waals surface area contributed by atoms with Crippen LogP contribution >= 0.6 is 11.8 Å². The normalized spacial score (nSPS) is 14.3. The molecule has 0 aromatic heterocycles. The maximum absolute atomic E-state index is 12.0. The van der Waals surface area contributed by atoms with Crippen LogP contribution in [0, 0.1) is 0 Å². The van der Waals surface area contributed by atoms with Crippen LogP contribution in [0.15, 0.2) is 23.1 Å². The van der Waals surface area contributed by atoms with Crippen molar-refractivity contribution in [1.82, 2.24) is 5.32 Å². The molecule has 0 saturated carbocycles. The SMILES string of the molecule is C[C@H](OC(=O)c1ccc2c(c1)NC(=O)CS2)C(=O)NC(N)=O. The van der Waals surface area contributed by atoms with Crippen LogP contribution in [-0.4, -0.2) is 35.7 Å². The summed E-state index contributed by atoms with van der Waals surface area (Å²) in [6.45, 7) is 1.31. The zero-order chi connectivity index (χ0) is 16.3. The molecule has 0 saturated heterocycles. The lowest BCUT2D eigenvalue weighted by Gasteiger charge is -2.17. The first-order valence-electron chi connectivity index (χ1n) is 6.25. The second kappa shape index (κ2) is 6.48. The molecule has 1 aromatic rings. The minimum Gasteiger partial charge on any atom is -0.449 e. The standard InChI is InChI=1S/C13H13N3O5S/c1-6(11(18)16-13(14)20)21-12(19)7-2-3-9-8(4-7)15-10(17)5-22-9/h2-4,6H,5H2,1H3,(H,15,17)(H3,14,16,18,20)/t6-/m0/s1. The number of carbonyl (C=O) groups is 4. The van der Waals surface area contributed by atoms with E-state index in [0.717, 1.165) is 4.90 Å². The summed E-state index contributed by atoms with van der Waals surface area (Å²) in [6.07, 6.45) is -1.18. The van der Waals surface area contributed by atoms with Gasteiger partial charge in [-0.2, -0.15) is 0 Å². The Kier molecular flexibility index (Phi) is 4.66. The zero-order valence-corrected chi connectivity index (χ0v) is 12.4. The molecule has 1 aliphatic heterocycles. The van der Waals surface area contributed by atoms with Gasteiger partial charge in [-0.05, 0) is 25.1 Å². The molecule has 0 radical (unpaired) electrons. The van der Waals surface area contributed by atoms with Gasteiger partial charge in [-0.25, -0.2) is 9.59 Å². The van der Waals surface area contributed by atoms with Crippen molar-refractivity contribution in [3.8, 4) is 0 Å². The van der Waals surface area contributed by atoms with Gasteiger partial charge in [0.25, 0.3) is 5.91 Å². The largest absolute Gasteiger partial charge is 0.449 e. The lowest BCUT2D eigenvalue weighted by Crippen LogP contribution is -2.42. The fourth-order valence-electron chi connectivity index (χ4n) is 1.72. The molecule has 2 rings (SSSR count). The molecule has 0 aliphatic carbocycles. The average Bonchev–Trinajstić information content (AvgIpc) is 2.45. The van der Waals surface area contributed by atoms with E-state index in [9.17, 15) is 19.2 Å². The Hall–Kier alpha value is -2.55. The van der Waals surface area contributed by atoms with Crippen LogP contribution in [-0.2, 0) is 14.3 Å². The van der Waals surface area contributed by atoms with E-state index < -0.39 is 24.0 Å². The third-order valence-corrected chi connectivity index (χ3v) is 3.82. The van der Waals surface area contributed by atoms with Gasteiger partial charge in [-0.15, -0.1) is 11.8 Å². The van der Waals surface area contributed by atoms with Gasteiger partial charge in [-0.1, -0.05) is 0 Å². The fraction of sp³-hybridized carbons (Fsp3) is 0.231. The number of amides is 4. The van der Waals surface area contributed by atoms with E-state index in [-0.39, 0.29) is 11.5 Å². The van der Waals surface area contributed by atoms with E-state index in [2.05, 4.69) is 5.32 Å². The van der Waals surface area contributed by atoms with E-state index >= 15 is 0 Å². The number of nitrogens with one attached hydrogen (secondary N) is 2. The monoisotopic (exact) mass is 323 g/mol. The van der Waals surface area contributed by atoms with E-state index in [1.54, 1.807) is 6.07 Å². The lowest BCUT2D eigenvalue weighted by molar-refractivity contribution is -0.127. The molecule has 9 heteroatoms. The zero-order valence-electron chi connectivity index (χ0n) is 11.5. The number of imide groups is 1. The van der Waals surface area contributed by atoms with Crippen LogP contribution in [0.5, 0.6) is 0 Å². The number of thioether (sulfide) groups is 1. The van der Waals surface area contributed by atoms with Crippen molar-refractivity contribution in [3.63, 3.8) is 0 Å². The first-order valence-corrected chi connectivity index (χ1v) is 7.23. The van der Waals surface area contributed by atoms with Crippen LogP contribution < -0.4 is 16.4 Å². The van der Waals surface area contributed by atoms with Gasteiger partial charge in [0.05, 0.1) is 17.0 Å². The summed E-state index contributed by atoms with van der Waals surface area (Å²) in [7, 11) is 0. The summed E-state index contributed by atoms with van der Waals surface area (Å²) in [5.74, 6) is -1.40. The summed E-state index contributed by atoms with van der Waals surface area (Å²) in [5, 5.41) is 4.47. The van der Waals surface area contributed by atoms with Crippen LogP contribution in [0.25, 0.3) is 0 Å². The maximum atomic E-state index is 12.0. The molecule has 1 aromatic carbocycles. The van der Waals surface area contributed by atoms with Gasteiger partial charge in [0, 0.05) is 4.90 Å². The number of urea groups is 1. The highest BCUT2D eigenvalue weighted by Gasteiger charge is 2.22. The number of benzene rings is 1. The Morgan fingerprint density at radius 3 is 2.82 bits per heavy atom. The van der Waals surface area contributed by atoms with Gasteiger partial charge in [-0.3, -0.25) is 14.9 Å². The molecule has 1 atom stereocenters. The van der Waals surface area contributed by atoms with Gasteiger partial charge in [0.1, 0.15) is 0 Å². The molecular formula is C13H13N3O5S. The highest BCUT2D eigenvalue weighted by atomic mass is 32.2. The quantitative estimate of drug-likeness (QED) is 0.694. The summed E-state index contributed by atoms with van der Waals surface area (Å²) < 4.78 is 4.94. The van der Waals surface area contributed by atoms with Crippen molar-refractivity contribution in [2.24, 2.45) is 5.73 Å². The van der Waals surface area contributed by atoms with Crippen molar-refractivity contribution in [2.75, 3.05) is 11.1 Å². The van der Waals surface area contributed by atoms with Gasteiger partial charge >= 0.3 is 12.0 Å². The molecule has 4 N–H and O–H groups in total. The van der Waals surface area contributed by atoms with E-state index in [4.69, 9.17) is 10.5 Å². The molecule has 0 spiro atoms. The van der Waals surface area contributed by atoms with Crippen molar-refractivity contribution in [1.29, 1.82) is 0 Å². The van der Waals surface area contributed by atoms with E-state index in [1.165, 1.54) is 30.8 Å². The molecule has 1 heterocycles. The second-order valence-electron chi connectivity index (χ2n) is 4.45. The summed E-state index contributed by atoms with van der Waals surface area (Å²) in [5.41, 5.74) is 5.51. The third-order valence-electron chi connectivity index (χ3n) is 2.75. The average molecular weight is 323 g/mol. The first-order chi connectivity index (χ1) is 10.4. The van der Waals surface area contributed by atoms with Crippen molar-refractivity contribution in [2.45, 2.75) is 17.9 Å². The molecule has 22 heavy (non-hydrogen) atoms. The first kappa shape index (κ1) is 15.8. The highest BCUT2D eigenvalue weighted by Crippen LogP contribution is 2.32. The van der Waals surface area contributed by atoms with Gasteiger partial charge in [0.2, 0.25) is 5.91 Å². The molecule has 4 amide bonds. The Labute approximate surface area is 129 Å². The van der Waals surface area contributed by atoms with E-state index in [0.29, 0.717) is 11.4 Å².